The van der Waals surface area contributed by atoms with E-state index < -0.39 is 16.0 Å². The van der Waals surface area contributed by atoms with E-state index in [2.05, 4.69) is 4.67 Å². The lowest BCUT2D eigenvalue weighted by Gasteiger charge is -2.41. The molecule has 0 spiro atoms. The van der Waals surface area contributed by atoms with E-state index in [9.17, 15) is 4.79 Å². The standard InChI is InChI=1S/C11H20Cl4NOP/c1-6-16(7-2)18(15,10(3,4)5)8-9(17)11(12,13)14/h8H,6-7H2,1-5H3. The summed E-state index contributed by atoms with van der Waals surface area (Å²) in [6.45, 7) is 11.5. The topological polar surface area (TPSA) is 20.3 Å². The Morgan fingerprint density at radius 1 is 1.17 bits per heavy atom. The van der Waals surface area contributed by atoms with Crippen LogP contribution >= 0.6 is 52.4 Å². The minimum atomic E-state index is -2.34. The predicted octanol–water partition coefficient (Wildman–Crippen LogP) is 4.95. The molecule has 7 heteroatoms. The maximum atomic E-state index is 11.9. The van der Waals surface area contributed by atoms with Crippen LogP contribution in [-0.2, 0) is 4.79 Å². The van der Waals surface area contributed by atoms with Gasteiger partial charge < -0.3 is 0 Å². The van der Waals surface area contributed by atoms with Crippen LogP contribution in [0.5, 0.6) is 0 Å². The van der Waals surface area contributed by atoms with E-state index in [1.807, 2.05) is 34.6 Å². The number of halogens is 4. The van der Waals surface area contributed by atoms with Crippen molar-refractivity contribution in [2.75, 3.05) is 13.1 Å². The number of hydrogen-bond acceptors (Lipinski definition) is 2. The van der Waals surface area contributed by atoms with Gasteiger partial charge in [0, 0.05) is 30.4 Å². The molecule has 0 aliphatic carbocycles. The molecule has 0 bridgehead atoms. The number of ketones is 1. The molecule has 2 nitrogen and oxygen atoms in total. The van der Waals surface area contributed by atoms with E-state index in [1.165, 1.54) is 5.80 Å². The molecule has 0 radical (unpaired) electrons. The zero-order valence-corrected chi connectivity index (χ0v) is 15.2. The largest absolute Gasteiger partial charge is 0.290 e. The van der Waals surface area contributed by atoms with Crippen molar-refractivity contribution in [3.8, 4) is 0 Å². The SMILES string of the molecule is CCN(CC)P(Cl)(=CC(=O)C(Cl)(Cl)Cl)C(C)(C)C. The summed E-state index contributed by atoms with van der Waals surface area (Å²) >= 11 is 23.6. The molecule has 0 saturated heterocycles. The molecule has 18 heavy (non-hydrogen) atoms. The van der Waals surface area contributed by atoms with E-state index in [4.69, 9.17) is 46.0 Å². The Labute approximate surface area is 130 Å². The van der Waals surface area contributed by atoms with Crippen molar-refractivity contribution < 1.29 is 4.79 Å². The van der Waals surface area contributed by atoms with E-state index in [1.54, 1.807) is 0 Å². The maximum Gasteiger partial charge on any atom is 0.252 e. The van der Waals surface area contributed by atoms with Gasteiger partial charge in [-0.05, 0) is 0 Å². The second kappa shape index (κ2) is 6.70. The maximum absolute atomic E-state index is 11.9. The van der Waals surface area contributed by atoms with Gasteiger partial charge in [-0.1, -0.05) is 80.7 Å². The zero-order chi connectivity index (χ0) is 14.8. The second-order valence-electron chi connectivity index (χ2n) is 4.90. The Balaban J connectivity index is 5.79. The summed E-state index contributed by atoms with van der Waals surface area (Å²) in [5, 5.41) is -0.272. The molecule has 108 valence electrons. The average Bonchev–Trinajstić information content (AvgIpc) is 2.16. The summed E-state index contributed by atoms with van der Waals surface area (Å²) in [5.74, 6) is 0.867. The molecule has 0 amide bonds. The summed E-state index contributed by atoms with van der Waals surface area (Å²) in [7, 11) is 0. The summed E-state index contributed by atoms with van der Waals surface area (Å²) in [4.78, 5) is 11.9. The molecular weight excluding hydrogens is 335 g/mol. The first kappa shape index (κ1) is 19.1. The third kappa shape index (κ3) is 4.58. The normalized spacial score (nSPS) is 16.6. The van der Waals surface area contributed by atoms with Crippen molar-refractivity contribution in [1.82, 2.24) is 4.67 Å². The zero-order valence-electron chi connectivity index (χ0n) is 11.3. The van der Waals surface area contributed by atoms with Gasteiger partial charge in [0.25, 0.3) is 3.79 Å². The van der Waals surface area contributed by atoms with Crippen LogP contribution in [-0.4, -0.2) is 38.3 Å². The van der Waals surface area contributed by atoms with Gasteiger partial charge in [-0.15, -0.1) is 0 Å². The van der Waals surface area contributed by atoms with Gasteiger partial charge in [0.15, 0.2) is 0 Å². The first-order valence-corrected chi connectivity index (χ1v) is 9.56. The fraction of sp³-hybridized carbons (Fsp3) is 0.818. The third-order valence-corrected chi connectivity index (χ3v) is 9.51. The number of alkyl halides is 3. The van der Waals surface area contributed by atoms with Crippen molar-refractivity contribution in [2.24, 2.45) is 0 Å². The van der Waals surface area contributed by atoms with E-state index >= 15 is 0 Å². The summed E-state index contributed by atoms with van der Waals surface area (Å²) in [6, 6.07) is 0. The smallest absolute Gasteiger partial charge is 0.252 e. The fourth-order valence-electron chi connectivity index (χ4n) is 1.56. The van der Waals surface area contributed by atoms with Crippen LogP contribution in [0.15, 0.2) is 0 Å². The van der Waals surface area contributed by atoms with Gasteiger partial charge in [-0.25, -0.2) is 0 Å². The number of Topliss-reactive ketones (excluding diaryl/α,β-unsaturated/α-hetero) is 1. The Morgan fingerprint density at radius 3 is 1.78 bits per heavy atom. The lowest BCUT2D eigenvalue weighted by molar-refractivity contribution is -0.111. The lowest BCUT2D eigenvalue weighted by Crippen LogP contribution is -2.32. The highest BCUT2D eigenvalue weighted by molar-refractivity contribution is 7.97. The highest BCUT2D eigenvalue weighted by Crippen LogP contribution is 2.65. The minimum absolute atomic E-state index is 0.272. The molecule has 0 fully saturated rings. The molecule has 1 unspecified atom stereocenters. The van der Waals surface area contributed by atoms with Crippen molar-refractivity contribution in [1.29, 1.82) is 0 Å². The van der Waals surface area contributed by atoms with Crippen molar-refractivity contribution in [2.45, 2.75) is 43.6 Å². The first-order chi connectivity index (χ1) is 7.90. The fourth-order valence-corrected chi connectivity index (χ4v) is 5.59. The molecule has 0 aliphatic heterocycles. The quantitative estimate of drug-likeness (QED) is 0.525. The number of hydrogen-bond donors (Lipinski definition) is 0. The molecule has 0 aromatic heterocycles. The Morgan fingerprint density at radius 2 is 1.56 bits per heavy atom. The minimum Gasteiger partial charge on any atom is -0.290 e. The lowest BCUT2D eigenvalue weighted by atomic mass is 10.3. The Kier molecular flexibility index (Phi) is 7.10. The van der Waals surface area contributed by atoms with Gasteiger partial charge >= 0.3 is 0 Å². The monoisotopic (exact) mass is 353 g/mol. The van der Waals surface area contributed by atoms with Gasteiger partial charge in [0.05, 0.1) is 0 Å². The molecule has 0 rings (SSSR count). The highest BCUT2D eigenvalue weighted by Gasteiger charge is 2.38. The molecule has 0 heterocycles. The van der Waals surface area contributed by atoms with Crippen LogP contribution in [0.25, 0.3) is 0 Å². The van der Waals surface area contributed by atoms with E-state index in [0.29, 0.717) is 0 Å². The summed E-state index contributed by atoms with van der Waals surface area (Å²) in [5.41, 5.74) is 0. The second-order valence-corrected chi connectivity index (χ2v) is 12.1. The molecule has 0 aromatic rings. The first-order valence-electron chi connectivity index (χ1n) is 5.71. The third-order valence-electron chi connectivity index (χ3n) is 2.65. The molecule has 0 aromatic carbocycles. The summed E-state index contributed by atoms with van der Waals surface area (Å²) < 4.78 is 0.126. The van der Waals surface area contributed by atoms with Crippen LogP contribution in [0.2, 0.25) is 0 Å². The number of carbonyl (C=O) groups is 1. The van der Waals surface area contributed by atoms with Crippen LogP contribution < -0.4 is 0 Å². The summed E-state index contributed by atoms with van der Waals surface area (Å²) in [6.07, 6.45) is -2.34. The van der Waals surface area contributed by atoms with Gasteiger partial charge in [0.1, 0.15) is 0 Å². The Bertz CT molecular complexity index is 353. The van der Waals surface area contributed by atoms with Crippen molar-refractivity contribution in [3.63, 3.8) is 0 Å². The van der Waals surface area contributed by atoms with Crippen LogP contribution in [0.1, 0.15) is 34.6 Å². The molecule has 0 saturated carbocycles. The number of carbonyl (C=O) groups excluding carboxylic acids is 1. The molecular formula is C11H20Cl4NOP. The number of nitrogens with zero attached hydrogens (tertiary/aromatic N) is 1. The van der Waals surface area contributed by atoms with E-state index in [0.717, 1.165) is 13.1 Å². The van der Waals surface area contributed by atoms with Gasteiger partial charge in [-0.3, -0.25) is 9.46 Å². The average molecular weight is 355 g/mol. The van der Waals surface area contributed by atoms with E-state index in [-0.39, 0.29) is 5.16 Å². The predicted molar refractivity (Wildman–Crippen MR) is 86.8 cm³/mol. The molecule has 0 aliphatic rings. The van der Waals surface area contributed by atoms with Gasteiger partial charge in [0.2, 0.25) is 5.78 Å². The number of rotatable bonds is 4. The molecule has 0 N–H and O–H groups in total. The van der Waals surface area contributed by atoms with Gasteiger partial charge in [-0.2, -0.15) is 0 Å². The van der Waals surface area contributed by atoms with Crippen LogP contribution in [0.3, 0.4) is 0 Å². The van der Waals surface area contributed by atoms with Crippen LogP contribution in [0, 0.1) is 0 Å². The Hall–Kier alpha value is 1.09. The highest BCUT2D eigenvalue weighted by atomic mass is 35.7. The molecule has 1 atom stereocenters. The van der Waals surface area contributed by atoms with Crippen LogP contribution in [0.4, 0.5) is 0 Å². The van der Waals surface area contributed by atoms with Crippen molar-refractivity contribution in [3.05, 3.63) is 0 Å². The van der Waals surface area contributed by atoms with Crippen molar-refractivity contribution >= 4 is 64.0 Å².